The minimum Gasteiger partial charge on any atom is -0.482 e. The third-order valence-corrected chi connectivity index (χ3v) is 27.8. The Morgan fingerprint density at radius 2 is 0.730 bits per heavy atom. The number of hydrogen-bond acceptors (Lipinski definition) is 5. The van der Waals surface area contributed by atoms with Crippen LogP contribution in [0.3, 0.4) is 0 Å². The molecule has 0 fully saturated rings. The fraction of sp³-hybridized carbons (Fsp3) is 0.291. The van der Waals surface area contributed by atoms with Gasteiger partial charge in [0, 0.05) is 0 Å². The zero-order chi connectivity index (χ0) is 44.9. The van der Waals surface area contributed by atoms with E-state index in [1.165, 1.54) is 0 Å². The maximum Gasteiger partial charge on any atom is 0.262 e. The second-order valence-electron chi connectivity index (χ2n) is 19.8. The van der Waals surface area contributed by atoms with Gasteiger partial charge >= 0.3 is 0 Å². The Morgan fingerprint density at radius 1 is 0.444 bits per heavy atom. The molecule has 8 heteroatoms. The highest BCUT2D eigenvalue weighted by molar-refractivity contribution is 7.01. The number of ether oxygens (including phenoxy) is 1. The maximum absolute atomic E-state index is 13.2. The van der Waals surface area contributed by atoms with Gasteiger partial charge in [-0.25, -0.2) is 0 Å². The summed E-state index contributed by atoms with van der Waals surface area (Å²) in [5, 5.41) is 5.87. The van der Waals surface area contributed by atoms with Crippen molar-refractivity contribution in [2.24, 2.45) is 0 Å². The molecule has 0 aromatic heterocycles. The highest BCUT2D eigenvalue weighted by atomic mass is 28.4. The number of allylic oxidation sites excluding steroid dienone is 1. The zero-order valence-electron chi connectivity index (χ0n) is 38.5. The second kappa shape index (κ2) is 18.6. The average molecular weight is 889 g/mol. The van der Waals surface area contributed by atoms with E-state index in [9.17, 15) is 4.79 Å². The van der Waals surface area contributed by atoms with Crippen molar-refractivity contribution >= 4 is 62.4 Å². The van der Waals surface area contributed by atoms with Gasteiger partial charge in [0.2, 0.25) is 0 Å². The summed E-state index contributed by atoms with van der Waals surface area (Å²) in [5.74, 6) is 0.219. The fourth-order valence-corrected chi connectivity index (χ4v) is 23.9. The van der Waals surface area contributed by atoms with E-state index in [4.69, 9.17) is 18.0 Å². The van der Waals surface area contributed by atoms with E-state index >= 15 is 0 Å². The van der Waals surface area contributed by atoms with Crippen molar-refractivity contribution in [3.8, 4) is 0 Å². The molecular weight excluding hydrogens is 825 g/mol. The molecule has 6 aromatic rings. The Morgan fingerprint density at radius 3 is 1.02 bits per heavy atom. The van der Waals surface area contributed by atoms with Gasteiger partial charge in [-0.05, 0) is 52.3 Å². The summed E-state index contributed by atoms with van der Waals surface area (Å²) in [4.78, 5) is 13.2. The van der Waals surface area contributed by atoms with Crippen LogP contribution in [-0.4, -0.2) is 56.2 Å². The fourth-order valence-electron chi connectivity index (χ4n) is 9.95. The molecule has 0 spiro atoms. The van der Waals surface area contributed by atoms with Gasteiger partial charge in [-0.2, -0.15) is 0 Å². The van der Waals surface area contributed by atoms with Gasteiger partial charge in [-0.3, -0.25) is 4.79 Å². The molecule has 0 amide bonds. The molecule has 1 aliphatic rings. The van der Waals surface area contributed by atoms with Crippen LogP contribution in [0.5, 0.6) is 0 Å². The number of carbonyl (C=O) groups excluding carboxylic acids is 1. The lowest BCUT2D eigenvalue weighted by molar-refractivity contribution is -0.116. The Balaban J connectivity index is 1.49. The largest absolute Gasteiger partial charge is 0.482 e. The molecule has 7 rings (SSSR count). The Bertz CT molecular complexity index is 2290. The number of hydrogen-bond donors (Lipinski definition) is 0. The summed E-state index contributed by atoms with van der Waals surface area (Å²) in [6.45, 7) is 20.7. The van der Waals surface area contributed by atoms with E-state index in [-0.39, 0.29) is 27.5 Å². The van der Waals surface area contributed by atoms with Crippen molar-refractivity contribution in [1.29, 1.82) is 0 Å². The van der Waals surface area contributed by atoms with E-state index in [0.717, 1.165) is 37.4 Å². The summed E-state index contributed by atoms with van der Waals surface area (Å²) in [6, 6.07) is 64.1. The normalized spacial score (nSPS) is 17.7. The van der Waals surface area contributed by atoms with E-state index < -0.39 is 43.3 Å². The highest BCUT2D eigenvalue weighted by Crippen LogP contribution is 2.44. The first-order valence-electron chi connectivity index (χ1n) is 22.2. The van der Waals surface area contributed by atoms with Crippen molar-refractivity contribution in [1.82, 2.24) is 0 Å². The van der Waals surface area contributed by atoms with Crippen LogP contribution in [0.1, 0.15) is 62.3 Å². The van der Waals surface area contributed by atoms with Crippen molar-refractivity contribution in [3.63, 3.8) is 0 Å². The zero-order valence-corrected chi connectivity index (χ0v) is 41.5. The van der Waals surface area contributed by atoms with Gasteiger partial charge in [0.05, 0.1) is 12.7 Å². The van der Waals surface area contributed by atoms with Crippen molar-refractivity contribution in [3.05, 3.63) is 194 Å². The minimum absolute atomic E-state index is 0.155. The molecule has 6 aromatic carbocycles. The molecule has 0 N–H and O–H groups in total. The summed E-state index contributed by atoms with van der Waals surface area (Å²) < 4.78 is 30.9. The monoisotopic (exact) mass is 888 g/mol. The first-order valence-corrected chi connectivity index (χ1v) is 28.0. The maximum atomic E-state index is 13.2. The van der Waals surface area contributed by atoms with E-state index in [1.807, 2.05) is 6.08 Å². The number of benzene rings is 6. The molecule has 0 radical (unpaired) electrons. The van der Waals surface area contributed by atoms with Crippen LogP contribution in [0.25, 0.3) is 0 Å². The van der Waals surface area contributed by atoms with Crippen LogP contribution in [0.2, 0.25) is 15.1 Å². The van der Waals surface area contributed by atoms with Gasteiger partial charge in [-0.1, -0.05) is 244 Å². The Hall–Kier alpha value is -4.94. The van der Waals surface area contributed by atoms with Crippen LogP contribution >= 0.6 is 0 Å². The molecule has 0 saturated heterocycles. The van der Waals surface area contributed by atoms with Crippen molar-refractivity contribution in [2.75, 3.05) is 6.61 Å². The van der Waals surface area contributed by atoms with E-state index in [0.29, 0.717) is 0 Å². The lowest BCUT2D eigenvalue weighted by Crippen LogP contribution is -2.73. The molecule has 0 aliphatic carbocycles. The van der Waals surface area contributed by atoms with Crippen LogP contribution < -0.4 is 31.1 Å². The lowest BCUT2D eigenvalue weighted by Gasteiger charge is -2.51. The molecule has 1 heterocycles. The average Bonchev–Trinajstić information content (AvgIpc) is 3.28. The molecule has 5 nitrogen and oxygen atoms in total. The van der Waals surface area contributed by atoms with Crippen LogP contribution in [-0.2, 0) is 22.8 Å². The Labute approximate surface area is 379 Å². The predicted octanol–water partition coefficient (Wildman–Crippen LogP) is 8.94. The molecule has 63 heavy (non-hydrogen) atoms. The predicted molar refractivity (Wildman–Crippen MR) is 268 cm³/mol. The summed E-state index contributed by atoms with van der Waals surface area (Å²) in [6.07, 6.45) is 0.548. The minimum atomic E-state index is -3.28. The summed E-state index contributed by atoms with van der Waals surface area (Å²) in [5.41, 5.74) is 0. The molecule has 0 saturated carbocycles. The number of aldehydes is 1. The molecule has 1 aliphatic heterocycles. The van der Waals surface area contributed by atoms with Gasteiger partial charge in [0.15, 0.2) is 12.0 Å². The Kier molecular flexibility index (Phi) is 13.6. The second-order valence-corrected chi connectivity index (χ2v) is 32.6. The topological polar surface area (TPSA) is 54.0 Å². The summed E-state index contributed by atoms with van der Waals surface area (Å²) >= 11 is 0. The van der Waals surface area contributed by atoms with Crippen LogP contribution in [0.15, 0.2) is 194 Å². The quantitative estimate of drug-likeness (QED) is 0.0809. The van der Waals surface area contributed by atoms with Gasteiger partial charge in [0.1, 0.15) is 12.2 Å². The first kappa shape index (κ1) is 46.1. The molecule has 3 atom stereocenters. The van der Waals surface area contributed by atoms with Crippen LogP contribution in [0, 0.1) is 0 Å². The van der Waals surface area contributed by atoms with Gasteiger partial charge < -0.3 is 18.0 Å². The molecule has 0 unspecified atom stereocenters. The third-order valence-electron chi connectivity index (χ3n) is 12.8. The number of rotatable bonds is 14. The highest BCUT2D eigenvalue weighted by Gasteiger charge is 2.58. The van der Waals surface area contributed by atoms with Gasteiger partial charge in [0.25, 0.3) is 25.0 Å². The SMILES string of the molecule is CC(C)(C)[Si](OC[C@H]1OC(C=O)=C[C@@H](O[Si](c2ccccc2)(c2ccccc2)C(C)(C)C)[C@@H]1O[Si](c1ccccc1)(c1ccccc1)C(C)(C)C)(c1ccccc1)c1ccccc1. The molecule has 326 valence electrons. The first-order chi connectivity index (χ1) is 30.1. The van der Waals surface area contributed by atoms with Crippen LogP contribution in [0.4, 0.5) is 0 Å². The van der Waals surface area contributed by atoms with Crippen molar-refractivity contribution < 1.29 is 22.8 Å². The van der Waals surface area contributed by atoms with Crippen molar-refractivity contribution in [2.45, 2.75) is 95.7 Å². The van der Waals surface area contributed by atoms with E-state index in [1.54, 1.807) is 0 Å². The smallest absolute Gasteiger partial charge is 0.262 e. The standard InChI is InChI=1S/C55H64O5Si3/c1-53(2,3)61(44-28-16-10-17-29-44,45-30-18-11-19-31-45)57-42-51-52(60-63(55(7,8)9,48-36-24-14-25-37-48)49-38-26-15-27-39-49)50(40-43(41-56)58-51)59-62(54(4,5)6,46-32-20-12-21-33-46)47-34-22-13-23-35-47/h10-41,50-52H,42H2,1-9H3/t50-,51-,52+/m1/s1. The lowest BCUT2D eigenvalue weighted by atomic mass is 10.1. The molecule has 0 bridgehead atoms. The number of carbonyl (C=O) groups is 1. The molecular formula is C55H64O5Si3. The third kappa shape index (κ3) is 8.82. The summed E-state index contributed by atoms with van der Waals surface area (Å²) in [7, 11) is -9.60. The van der Waals surface area contributed by atoms with E-state index in [2.05, 4.69) is 244 Å². The van der Waals surface area contributed by atoms with Gasteiger partial charge in [-0.15, -0.1) is 0 Å².